The van der Waals surface area contributed by atoms with Crippen LogP contribution in [0.2, 0.25) is 0 Å². The SMILES string of the molecule is Cc1ccsc1C=CC(=O)NCC1(O)CCC(C)(C)CC1. The zero-order chi connectivity index (χ0) is 15.5. The Morgan fingerprint density at radius 1 is 1.38 bits per heavy atom. The van der Waals surface area contributed by atoms with Gasteiger partial charge in [-0.3, -0.25) is 4.79 Å². The molecule has 1 fully saturated rings. The van der Waals surface area contributed by atoms with Crippen molar-refractivity contribution in [3.63, 3.8) is 0 Å². The van der Waals surface area contributed by atoms with Crippen molar-refractivity contribution in [2.45, 2.75) is 52.1 Å². The third-order valence-electron chi connectivity index (χ3n) is 4.41. The lowest BCUT2D eigenvalue weighted by Crippen LogP contribution is -2.46. The molecule has 21 heavy (non-hydrogen) atoms. The number of aryl methyl sites for hydroxylation is 1. The summed E-state index contributed by atoms with van der Waals surface area (Å²) in [4.78, 5) is 13.0. The second kappa shape index (κ2) is 6.32. The Bertz CT molecular complexity index is 521. The van der Waals surface area contributed by atoms with E-state index in [1.54, 1.807) is 17.4 Å². The smallest absolute Gasteiger partial charge is 0.244 e. The van der Waals surface area contributed by atoms with E-state index < -0.39 is 5.60 Å². The van der Waals surface area contributed by atoms with Crippen LogP contribution in [0.3, 0.4) is 0 Å². The summed E-state index contributed by atoms with van der Waals surface area (Å²) in [6, 6.07) is 2.04. The van der Waals surface area contributed by atoms with Crippen molar-refractivity contribution in [3.8, 4) is 0 Å². The van der Waals surface area contributed by atoms with E-state index in [0.717, 1.165) is 30.6 Å². The number of thiophene rings is 1. The third kappa shape index (κ3) is 4.68. The van der Waals surface area contributed by atoms with Crippen molar-refractivity contribution in [3.05, 3.63) is 28.0 Å². The summed E-state index contributed by atoms with van der Waals surface area (Å²) in [6.45, 7) is 6.84. The highest BCUT2D eigenvalue weighted by atomic mass is 32.1. The van der Waals surface area contributed by atoms with Gasteiger partial charge in [0.25, 0.3) is 0 Å². The Morgan fingerprint density at radius 2 is 2.05 bits per heavy atom. The maximum Gasteiger partial charge on any atom is 0.244 e. The first-order chi connectivity index (χ1) is 9.80. The molecular weight excluding hydrogens is 282 g/mol. The fourth-order valence-electron chi connectivity index (χ4n) is 2.59. The normalized spacial score (nSPS) is 20.6. The van der Waals surface area contributed by atoms with Crippen LogP contribution in [-0.4, -0.2) is 23.2 Å². The second-order valence-electron chi connectivity index (χ2n) is 6.91. The molecule has 1 saturated carbocycles. The van der Waals surface area contributed by atoms with E-state index in [-0.39, 0.29) is 5.91 Å². The molecule has 0 aliphatic heterocycles. The molecule has 0 radical (unpaired) electrons. The molecule has 3 nitrogen and oxygen atoms in total. The molecule has 1 heterocycles. The minimum absolute atomic E-state index is 0.138. The second-order valence-corrected chi connectivity index (χ2v) is 7.86. The minimum atomic E-state index is -0.738. The summed E-state index contributed by atoms with van der Waals surface area (Å²) >= 11 is 1.62. The highest BCUT2D eigenvalue weighted by Gasteiger charge is 2.36. The molecule has 1 amide bonds. The maximum absolute atomic E-state index is 11.9. The number of hydrogen-bond donors (Lipinski definition) is 2. The van der Waals surface area contributed by atoms with Gasteiger partial charge in [0, 0.05) is 17.5 Å². The molecule has 0 bridgehead atoms. The van der Waals surface area contributed by atoms with Gasteiger partial charge in [-0.1, -0.05) is 13.8 Å². The van der Waals surface area contributed by atoms with Crippen LogP contribution in [-0.2, 0) is 4.79 Å². The Labute approximate surface area is 131 Å². The molecule has 1 aromatic rings. The summed E-state index contributed by atoms with van der Waals surface area (Å²) in [7, 11) is 0. The van der Waals surface area contributed by atoms with Crippen LogP contribution in [0.25, 0.3) is 6.08 Å². The van der Waals surface area contributed by atoms with Crippen molar-refractivity contribution >= 4 is 23.3 Å². The zero-order valence-electron chi connectivity index (χ0n) is 13.1. The lowest BCUT2D eigenvalue weighted by Gasteiger charge is -2.40. The number of nitrogens with one attached hydrogen (secondary N) is 1. The van der Waals surface area contributed by atoms with Crippen molar-refractivity contribution in [2.75, 3.05) is 6.54 Å². The first-order valence-corrected chi connectivity index (χ1v) is 8.40. The maximum atomic E-state index is 11.9. The molecule has 2 N–H and O–H groups in total. The predicted octanol–water partition coefficient (Wildman–Crippen LogP) is 3.52. The molecule has 1 aliphatic rings. The van der Waals surface area contributed by atoms with E-state index in [1.807, 2.05) is 24.4 Å². The van der Waals surface area contributed by atoms with Gasteiger partial charge >= 0.3 is 0 Å². The lowest BCUT2D eigenvalue weighted by atomic mass is 9.71. The van der Waals surface area contributed by atoms with Crippen LogP contribution in [0.15, 0.2) is 17.5 Å². The highest BCUT2D eigenvalue weighted by Crippen LogP contribution is 2.39. The number of hydrogen-bond acceptors (Lipinski definition) is 3. The van der Waals surface area contributed by atoms with Crippen LogP contribution < -0.4 is 5.32 Å². The van der Waals surface area contributed by atoms with E-state index in [0.29, 0.717) is 12.0 Å². The van der Waals surface area contributed by atoms with Gasteiger partial charge < -0.3 is 10.4 Å². The van der Waals surface area contributed by atoms with E-state index in [4.69, 9.17) is 0 Å². The predicted molar refractivity (Wildman–Crippen MR) is 88.3 cm³/mol. The summed E-state index contributed by atoms with van der Waals surface area (Å²) in [5, 5.41) is 15.4. The molecule has 0 spiro atoms. The minimum Gasteiger partial charge on any atom is -0.388 e. The molecule has 0 unspecified atom stereocenters. The van der Waals surface area contributed by atoms with Crippen molar-refractivity contribution in [2.24, 2.45) is 5.41 Å². The number of amides is 1. The highest BCUT2D eigenvalue weighted by molar-refractivity contribution is 7.11. The summed E-state index contributed by atoms with van der Waals surface area (Å²) < 4.78 is 0. The van der Waals surface area contributed by atoms with Crippen molar-refractivity contribution in [1.82, 2.24) is 5.32 Å². The molecule has 1 aliphatic carbocycles. The Kier molecular flexibility index (Phi) is 4.89. The fourth-order valence-corrected chi connectivity index (χ4v) is 3.41. The molecule has 116 valence electrons. The van der Waals surface area contributed by atoms with Gasteiger partial charge in [0.2, 0.25) is 5.91 Å². The van der Waals surface area contributed by atoms with Gasteiger partial charge in [-0.2, -0.15) is 0 Å². The molecule has 1 aromatic heterocycles. The average molecular weight is 307 g/mol. The average Bonchev–Trinajstić information content (AvgIpc) is 2.84. The standard InChI is InChI=1S/C17H25NO2S/c1-13-6-11-21-14(13)4-5-15(19)18-12-17(20)9-7-16(2,3)8-10-17/h4-6,11,20H,7-10,12H2,1-3H3,(H,18,19). The van der Waals surface area contributed by atoms with Crippen molar-refractivity contribution in [1.29, 1.82) is 0 Å². The topological polar surface area (TPSA) is 49.3 Å². The van der Waals surface area contributed by atoms with E-state index in [2.05, 4.69) is 19.2 Å². The van der Waals surface area contributed by atoms with Crippen LogP contribution in [0, 0.1) is 12.3 Å². The quantitative estimate of drug-likeness (QED) is 0.836. The van der Waals surface area contributed by atoms with Gasteiger partial charge in [-0.25, -0.2) is 0 Å². The molecule has 0 aromatic carbocycles. The number of rotatable bonds is 4. The van der Waals surface area contributed by atoms with Gasteiger partial charge in [0.15, 0.2) is 0 Å². The first kappa shape index (κ1) is 16.2. The van der Waals surface area contributed by atoms with Gasteiger partial charge in [0.1, 0.15) is 0 Å². The van der Waals surface area contributed by atoms with E-state index in [9.17, 15) is 9.90 Å². The van der Waals surface area contributed by atoms with E-state index >= 15 is 0 Å². The van der Waals surface area contributed by atoms with Gasteiger partial charge in [-0.05, 0) is 61.1 Å². The van der Waals surface area contributed by atoms with Crippen molar-refractivity contribution < 1.29 is 9.90 Å². The zero-order valence-corrected chi connectivity index (χ0v) is 13.9. The summed E-state index contributed by atoms with van der Waals surface area (Å²) in [5.74, 6) is -0.138. The Morgan fingerprint density at radius 3 is 2.62 bits per heavy atom. The summed E-state index contributed by atoms with van der Waals surface area (Å²) in [6.07, 6.45) is 6.91. The van der Waals surface area contributed by atoms with Gasteiger partial charge in [0.05, 0.1) is 5.60 Å². The first-order valence-electron chi connectivity index (χ1n) is 7.52. The van der Waals surface area contributed by atoms with E-state index in [1.165, 1.54) is 5.56 Å². The van der Waals surface area contributed by atoms with Crippen LogP contribution >= 0.6 is 11.3 Å². The number of aliphatic hydroxyl groups is 1. The van der Waals surface area contributed by atoms with Crippen LogP contribution in [0.1, 0.15) is 50.0 Å². The molecule has 2 rings (SSSR count). The largest absolute Gasteiger partial charge is 0.388 e. The Balaban J connectivity index is 1.82. The Hall–Kier alpha value is -1.13. The monoisotopic (exact) mass is 307 g/mol. The lowest BCUT2D eigenvalue weighted by molar-refractivity contribution is -0.118. The molecule has 0 saturated heterocycles. The molecular formula is C17H25NO2S. The number of carbonyl (C=O) groups excluding carboxylic acids is 1. The fraction of sp³-hybridized carbons (Fsp3) is 0.588. The van der Waals surface area contributed by atoms with Gasteiger partial charge in [-0.15, -0.1) is 11.3 Å². The molecule has 4 heteroatoms. The summed E-state index contributed by atoms with van der Waals surface area (Å²) in [5.41, 5.74) is 0.752. The molecule has 0 atom stereocenters. The number of carbonyl (C=O) groups is 1. The third-order valence-corrected chi connectivity index (χ3v) is 5.40. The van der Waals surface area contributed by atoms with Crippen LogP contribution in [0.4, 0.5) is 0 Å². The van der Waals surface area contributed by atoms with Crippen LogP contribution in [0.5, 0.6) is 0 Å².